The molecule has 0 aliphatic carbocycles. The lowest BCUT2D eigenvalue weighted by Crippen LogP contribution is -2.38. The first kappa shape index (κ1) is 52.3. The van der Waals surface area contributed by atoms with E-state index in [2.05, 4.69) is 73.1 Å². The van der Waals surface area contributed by atoms with Gasteiger partial charge in [0.05, 0.1) is 6.54 Å². The summed E-state index contributed by atoms with van der Waals surface area (Å²) in [6.45, 7) is 2.57. The first-order valence-corrected chi connectivity index (χ1v) is 21.7. The standard InChI is InChI=1S/C45H77N3O8/c1-3-5-7-9-11-13-15-17-19-21-23-25-27-29-31-33-41(49)47-36-44(52)55-39-40(38-54-43(51)35-46)56-45(53)37-48-42(50)34-32-30-28-26-24-22-20-18-16-14-12-10-8-6-4-2/h11-14,17-20,40H,3-10,15-16,21-39,46H2,1-2H3,(H,47,49)(H,48,50)/b13-11-,14-12-,19-17-,20-18-. The third-order valence-electron chi connectivity index (χ3n) is 8.89. The Bertz CT molecular complexity index is 1130. The van der Waals surface area contributed by atoms with E-state index in [1.165, 1.54) is 51.4 Å². The zero-order chi connectivity index (χ0) is 41.2. The van der Waals surface area contributed by atoms with E-state index in [0.29, 0.717) is 12.8 Å². The van der Waals surface area contributed by atoms with Crippen LogP contribution in [-0.2, 0) is 38.2 Å². The first-order valence-electron chi connectivity index (χ1n) is 21.7. The molecule has 0 aromatic rings. The minimum atomic E-state index is -1.11. The Balaban J connectivity index is 4.12. The fourth-order valence-electron chi connectivity index (χ4n) is 5.54. The molecule has 0 aromatic heterocycles. The minimum Gasteiger partial charge on any atom is -0.461 e. The van der Waals surface area contributed by atoms with Crippen LogP contribution in [-0.4, -0.2) is 68.7 Å². The van der Waals surface area contributed by atoms with Crippen molar-refractivity contribution in [2.75, 3.05) is 32.8 Å². The van der Waals surface area contributed by atoms with Gasteiger partial charge in [-0.1, -0.05) is 127 Å². The SMILES string of the molecule is CCCCC/C=C\C/C=C\CCCCCCCC(=O)NCC(=O)OCC(COC(=O)CN)OC(=O)CNC(=O)CCCCCCC/C=C\C/C=C\CCCCC. The van der Waals surface area contributed by atoms with Crippen LogP contribution in [0.2, 0.25) is 0 Å². The zero-order valence-corrected chi connectivity index (χ0v) is 35.0. The van der Waals surface area contributed by atoms with Crippen LogP contribution in [0.4, 0.5) is 0 Å². The molecular formula is C45H77N3O8. The Morgan fingerprint density at radius 2 is 0.857 bits per heavy atom. The number of unbranched alkanes of at least 4 members (excludes halogenated alkanes) is 16. The molecule has 0 spiro atoms. The fourth-order valence-corrected chi connectivity index (χ4v) is 5.54. The Hall–Kier alpha value is -3.73. The number of nitrogens with two attached hydrogens (primary N) is 1. The van der Waals surface area contributed by atoms with Gasteiger partial charge in [0.2, 0.25) is 11.8 Å². The third-order valence-corrected chi connectivity index (χ3v) is 8.89. The molecule has 1 atom stereocenters. The van der Waals surface area contributed by atoms with E-state index in [1.54, 1.807) is 0 Å². The second kappa shape index (κ2) is 40.9. The zero-order valence-electron chi connectivity index (χ0n) is 35.0. The van der Waals surface area contributed by atoms with Crippen molar-refractivity contribution in [2.45, 2.75) is 174 Å². The van der Waals surface area contributed by atoms with Crippen LogP contribution in [0, 0.1) is 0 Å². The van der Waals surface area contributed by atoms with Crippen molar-refractivity contribution < 1.29 is 38.2 Å². The number of ether oxygens (including phenoxy) is 3. The largest absolute Gasteiger partial charge is 0.461 e. The number of amides is 2. The molecule has 320 valence electrons. The molecule has 56 heavy (non-hydrogen) atoms. The molecule has 1 unspecified atom stereocenters. The second-order valence-electron chi connectivity index (χ2n) is 14.2. The summed E-state index contributed by atoms with van der Waals surface area (Å²) in [6.07, 6.45) is 41.4. The Morgan fingerprint density at radius 3 is 1.29 bits per heavy atom. The summed E-state index contributed by atoms with van der Waals surface area (Å²) in [4.78, 5) is 60.7. The topological polar surface area (TPSA) is 163 Å². The highest BCUT2D eigenvalue weighted by molar-refractivity contribution is 5.82. The molecule has 0 aromatic carbocycles. The monoisotopic (exact) mass is 788 g/mol. The molecule has 11 nitrogen and oxygen atoms in total. The quantitative estimate of drug-likeness (QED) is 0.0240. The van der Waals surface area contributed by atoms with Crippen LogP contribution < -0.4 is 16.4 Å². The molecule has 0 aliphatic heterocycles. The van der Waals surface area contributed by atoms with E-state index in [-0.39, 0.29) is 38.1 Å². The summed E-state index contributed by atoms with van der Waals surface area (Å²) in [6, 6.07) is 0. The fraction of sp³-hybridized carbons (Fsp3) is 0.711. The number of carbonyl (C=O) groups is 5. The molecule has 0 saturated carbocycles. The van der Waals surface area contributed by atoms with Crippen molar-refractivity contribution in [2.24, 2.45) is 5.73 Å². The lowest BCUT2D eigenvalue weighted by atomic mass is 10.1. The average Bonchev–Trinajstić information content (AvgIpc) is 3.19. The van der Waals surface area contributed by atoms with Gasteiger partial charge >= 0.3 is 17.9 Å². The molecule has 2 amide bonds. The van der Waals surface area contributed by atoms with Gasteiger partial charge in [0.1, 0.15) is 26.3 Å². The van der Waals surface area contributed by atoms with Gasteiger partial charge < -0.3 is 30.6 Å². The lowest BCUT2D eigenvalue weighted by molar-refractivity contribution is -0.165. The second-order valence-corrected chi connectivity index (χ2v) is 14.2. The minimum absolute atomic E-state index is 0.247. The number of nitrogens with one attached hydrogen (secondary N) is 2. The number of hydrogen-bond acceptors (Lipinski definition) is 9. The number of carbonyl (C=O) groups excluding carboxylic acids is 5. The van der Waals surface area contributed by atoms with Crippen LogP contribution in [0.5, 0.6) is 0 Å². The Kier molecular flexibility index (Phi) is 38.2. The normalized spacial score (nSPS) is 12.1. The predicted molar refractivity (Wildman–Crippen MR) is 226 cm³/mol. The van der Waals surface area contributed by atoms with Crippen LogP contribution in [0.3, 0.4) is 0 Å². The van der Waals surface area contributed by atoms with Gasteiger partial charge in [-0.15, -0.1) is 0 Å². The van der Waals surface area contributed by atoms with Gasteiger partial charge in [-0.05, 0) is 77.0 Å². The van der Waals surface area contributed by atoms with Crippen molar-refractivity contribution in [3.63, 3.8) is 0 Å². The number of allylic oxidation sites excluding steroid dienone is 8. The molecule has 0 fully saturated rings. The van der Waals surface area contributed by atoms with Crippen LogP contribution in [0.1, 0.15) is 168 Å². The Morgan fingerprint density at radius 1 is 0.482 bits per heavy atom. The van der Waals surface area contributed by atoms with Gasteiger partial charge in [0.25, 0.3) is 0 Å². The van der Waals surface area contributed by atoms with Crippen LogP contribution in [0.25, 0.3) is 0 Å². The van der Waals surface area contributed by atoms with E-state index in [1.807, 2.05) is 0 Å². The summed E-state index contributed by atoms with van der Waals surface area (Å²) in [5.41, 5.74) is 5.28. The van der Waals surface area contributed by atoms with Crippen molar-refractivity contribution in [1.82, 2.24) is 10.6 Å². The predicted octanol–water partition coefficient (Wildman–Crippen LogP) is 8.80. The maximum absolute atomic E-state index is 12.4. The van der Waals surface area contributed by atoms with Gasteiger partial charge in [0, 0.05) is 12.8 Å². The van der Waals surface area contributed by atoms with E-state index in [4.69, 9.17) is 19.9 Å². The lowest BCUT2D eigenvalue weighted by Gasteiger charge is -2.18. The van der Waals surface area contributed by atoms with Gasteiger partial charge in [-0.3, -0.25) is 24.0 Å². The highest BCUT2D eigenvalue weighted by atomic mass is 16.6. The van der Waals surface area contributed by atoms with Crippen molar-refractivity contribution in [3.05, 3.63) is 48.6 Å². The summed E-state index contributed by atoms with van der Waals surface area (Å²) >= 11 is 0. The van der Waals surface area contributed by atoms with E-state index in [0.717, 1.165) is 89.9 Å². The summed E-state index contributed by atoms with van der Waals surface area (Å²) in [5.74, 6) is -2.73. The van der Waals surface area contributed by atoms with Crippen LogP contribution >= 0.6 is 0 Å². The first-order chi connectivity index (χ1) is 27.3. The van der Waals surface area contributed by atoms with Gasteiger partial charge in [-0.2, -0.15) is 0 Å². The van der Waals surface area contributed by atoms with E-state index >= 15 is 0 Å². The highest BCUT2D eigenvalue weighted by Gasteiger charge is 2.20. The molecule has 0 radical (unpaired) electrons. The molecule has 4 N–H and O–H groups in total. The van der Waals surface area contributed by atoms with E-state index in [9.17, 15) is 24.0 Å². The molecule has 0 rings (SSSR count). The number of rotatable bonds is 38. The molecule has 0 saturated heterocycles. The van der Waals surface area contributed by atoms with Crippen molar-refractivity contribution in [1.29, 1.82) is 0 Å². The van der Waals surface area contributed by atoms with Gasteiger partial charge in [-0.25, -0.2) is 0 Å². The van der Waals surface area contributed by atoms with Crippen molar-refractivity contribution in [3.8, 4) is 0 Å². The smallest absolute Gasteiger partial charge is 0.325 e. The average molecular weight is 788 g/mol. The van der Waals surface area contributed by atoms with Crippen molar-refractivity contribution >= 4 is 29.7 Å². The molecular weight excluding hydrogens is 711 g/mol. The summed E-state index contributed by atoms with van der Waals surface area (Å²) in [5, 5.41) is 5.09. The number of hydrogen-bond donors (Lipinski definition) is 3. The Labute approximate surface area is 339 Å². The van der Waals surface area contributed by atoms with Crippen LogP contribution in [0.15, 0.2) is 48.6 Å². The maximum atomic E-state index is 12.4. The van der Waals surface area contributed by atoms with Gasteiger partial charge in [0.15, 0.2) is 6.10 Å². The summed E-state index contributed by atoms with van der Waals surface area (Å²) in [7, 11) is 0. The van der Waals surface area contributed by atoms with E-state index < -0.39 is 30.6 Å². The summed E-state index contributed by atoms with van der Waals surface area (Å²) < 4.78 is 15.4. The maximum Gasteiger partial charge on any atom is 0.325 e. The number of esters is 3. The third kappa shape index (κ3) is 38.5. The molecule has 11 heteroatoms. The highest BCUT2D eigenvalue weighted by Crippen LogP contribution is 2.10. The molecule has 0 heterocycles. The molecule has 0 aliphatic rings. The molecule has 0 bridgehead atoms.